The molecule has 0 radical (unpaired) electrons. The Morgan fingerprint density at radius 2 is 1.79 bits per heavy atom. The molecule has 19 heavy (non-hydrogen) atoms. The number of nitrogens with one attached hydrogen (secondary N) is 1. The molecule has 0 saturated heterocycles. The number of pyridine rings is 1. The van der Waals surface area contributed by atoms with E-state index in [1.807, 2.05) is 30.6 Å². The van der Waals surface area contributed by atoms with Gasteiger partial charge in [-0.3, -0.25) is 4.79 Å². The number of carbonyl (C=O) groups excluding carboxylic acids is 1. The normalized spacial score (nSPS) is 9.89. The molecule has 2 rings (SSSR count). The third-order valence-corrected chi connectivity index (χ3v) is 2.79. The first-order chi connectivity index (χ1) is 9.15. The van der Waals surface area contributed by atoms with Gasteiger partial charge in [0.25, 0.3) is 5.91 Å². The standard InChI is InChI=1S/C14H13N3OS/c15-14(19)11-4-6-12(7-5-11)16-13(18)10-17-8-2-1-3-9-17/h1-9H,10H2,(H2-,15,16,18,19)/p+1. The molecule has 0 aliphatic carbocycles. The Balaban J connectivity index is 1.97. The van der Waals surface area contributed by atoms with Crippen molar-refractivity contribution in [1.29, 1.82) is 0 Å². The van der Waals surface area contributed by atoms with Crippen LogP contribution in [0.3, 0.4) is 0 Å². The lowest BCUT2D eigenvalue weighted by Crippen LogP contribution is -2.39. The molecule has 1 heterocycles. The van der Waals surface area contributed by atoms with Crippen molar-refractivity contribution < 1.29 is 9.36 Å². The van der Waals surface area contributed by atoms with Crippen molar-refractivity contribution >= 4 is 28.8 Å². The van der Waals surface area contributed by atoms with Crippen LogP contribution in [0.25, 0.3) is 0 Å². The van der Waals surface area contributed by atoms with Gasteiger partial charge in [0.2, 0.25) is 6.54 Å². The van der Waals surface area contributed by atoms with Crippen LogP contribution in [0.4, 0.5) is 5.69 Å². The van der Waals surface area contributed by atoms with Gasteiger partial charge in [-0.05, 0) is 24.3 Å². The number of thiocarbonyl (C=S) groups is 1. The van der Waals surface area contributed by atoms with Crippen LogP contribution in [-0.4, -0.2) is 10.9 Å². The van der Waals surface area contributed by atoms with Crippen LogP contribution in [0.5, 0.6) is 0 Å². The number of benzene rings is 1. The minimum Gasteiger partial charge on any atom is -0.389 e. The van der Waals surface area contributed by atoms with E-state index in [0.29, 0.717) is 4.99 Å². The third-order valence-electron chi connectivity index (χ3n) is 2.56. The summed E-state index contributed by atoms with van der Waals surface area (Å²) in [4.78, 5) is 12.2. The summed E-state index contributed by atoms with van der Waals surface area (Å²) in [6, 6.07) is 12.8. The molecule has 2 aromatic rings. The van der Waals surface area contributed by atoms with Gasteiger partial charge in [-0.2, -0.15) is 4.57 Å². The lowest BCUT2D eigenvalue weighted by atomic mass is 10.2. The second kappa shape index (κ2) is 6.06. The van der Waals surface area contributed by atoms with Gasteiger partial charge in [0, 0.05) is 23.4 Å². The first kappa shape index (κ1) is 13.2. The molecule has 96 valence electrons. The number of nitrogens with zero attached hydrogens (tertiary/aromatic N) is 1. The molecule has 0 unspecified atom stereocenters. The van der Waals surface area contributed by atoms with Gasteiger partial charge >= 0.3 is 0 Å². The molecule has 5 heteroatoms. The summed E-state index contributed by atoms with van der Waals surface area (Å²) < 4.78 is 1.80. The monoisotopic (exact) mass is 272 g/mol. The summed E-state index contributed by atoms with van der Waals surface area (Å²) in [5.41, 5.74) is 7.01. The topological polar surface area (TPSA) is 59.0 Å². The molecule has 1 amide bonds. The summed E-state index contributed by atoms with van der Waals surface area (Å²) in [6.07, 6.45) is 3.69. The van der Waals surface area contributed by atoms with Crippen LogP contribution in [0, 0.1) is 0 Å². The Morgan fingerprint density at radius 3 is 2.37 bits per heavy atom. The van der Waals surface area contributed by atoms with Crippen LogP contribution in [0.1, 0.15) is 5.56 Å². The minimum absolute atomic E-state index is 0.0840. The lowest BCUT2D eigenvalue weighted by Gasteiger charge is -2.04. The number of aromatic nitrogens is 1. The first-order valence-electron chi connectivity index (χ1n) is 5.79. The van der Waals surface area contributed by atoms with Crippen molar-refractivity contribution in [1.82, 2.24) is 0 Å². The molecule has 1 aromatic heterocycles. The molecule has 0 spiro atoms. The van der Waals surface area contributed by atoms with Crippen LogP contribution in [0.15, 0.2) is 54.9 Å². The van der Waals surface area contributed by atoms with E-state index in [-0.39, 0.29) is 12.5 Å². The van der Waals surface area contributed by atoms with Crippen LogP contribution in [-0.2, 0) is 11.3 Å². The highest BCUT2D eigenvalue weighted by molar-refractivity contribution is 7.80. The van der Waals surface area contributed by atoms with E-state index in [1.165, 1.54) is 0 Å². The van der Waals surface area contributed by atoms with Gasteiger partial charge < -0.3 is 11.1 Å². The smallest absolute Gasteiger partial charge is 0.290 e. The fourth-order valence-corrected chi connectivity index (χ4v) is 1.76. The molecule has 4 nitrogen and oxygen atoms in total. The Morgan fingerprint density at radius 1 is 1.16 bits per heavy atom. The summed E-state index contributed by atoms with van der Waals surface area (Å²) in [5, 5.41) is 2.81. The highest BCUT2D eigenvalue weighted by atomic mass is 32.1. The van der Waals surface area contributed by atoms with Crippen molar-refractivity contribution in [3.8, 4) is 0 Å². The molecule has 0 aliphatic heterocycles. The molecule has 3 N–H and O–H groups in total. The molecule has 0 saturated carbocycles. The number of hydrogen-bond acceptors (Lipinski definition) is 2. The van der Waals surface area contributed by atoms with E-state index in [2.05, 4.69) is 5.32 Å². The van der Waals surface area contributed by atoms with Gasteiger partial charge in [0.15, 0.2) is 12.4 Å². The first-order valence-corrected chi connectivity index (χ1v) is 6.20. The quantitative estimate of drug-likeness (QED) is 0.650. The van der Waals surface area contributed by atoms with Gasteiger partial charge in [0.05, 0.1) is 0 Å². The Kier molecular flexibility index (Phi) is 4.20. The van der Waals surface area contributed by atoms with E-state index in [4.69, 9.17) is 18.0 Å². The van der Waals surface area contributed by atoms with Crippen LogP contribution < -0.4 is 15.6 Å². The fraction of sp³-hybridized carbons (Fsp3) is 0.0714. The Hall–Kier alpha value is -2.27. The number of rotatable bonds is 4. The molecule has 0 aliphatic rings. The predicted octanol–water partition coefficient (Wildman–Crippen LogP) is 1.25. The van der Waals surface area contributed by atoms with E-state index in [0.717, 1.165) is 11.3 Å². The van der Waals surface area contributed by atoms with E-state index >= 15 is 0 Å². The van der Waals surface area contributed by atoms with Crippen molar-refractivity contribution in [2.75, 3.05) is 5.32 Å². The number of amides is 1. The molecular weight excluding hydrogens is 258 g/mol. The Labute approximate surface area is 116 Å². The maximum absolute atomic E-state index is 11.8. The summed E-state index contributed by atoms with van der Waals surface area (Å²) in [7, 11) is 0. The summed E-state index contributed by atoms with van der Waals surface area (Å²) in [6.45, 7) is 0.276. The van der Waals surface area contributed by atoms with E-state index < -0.39 is 0 Å². The molecule has 0 atom stereocenters. The highest BCUT2D eigenvalue weighted by Gasteiger charge is 2.08. The summed E-state index contributed by atoms with van der Waals surface area (Å²) >= 11 is 4.87. The van der Waals surface area contributed by atoms with Gasteiger partial charge in [-0.1, -0.05) is 18.3 Å². The zero-order valence-corrected chi connectivity index (χ0v) is 11.1. The van der Waals surface area contributed by atoms with Crippen LogP contribution >= 0.6 is 12.2 Å². The SMILES string of the molecule is NC(=S)c1ccc(NC(=O)C[n+]2ccccc2)cc1. The highest BCUT2D eigenvalue weighted by Crippen LogP contribution is 2.09. The van der Waals surface area contributed by atoms with Crippen molar-refractivity contribution in [2.24, 2.45) is 5.73 Å². The molecule has 0 fully saturated rings. The fourth-order valence-electron chi connectivity index (χ4n) is 1.62. The number of nitrogens with two attached hydrogens (primary N) is 1. The van der Waals surface area contributed by atoms with Gasteiger partial charge in [0.1, 0.15) is 4.99 Å². The number of carbonyl (C=O) groups is 1. The number of hydrogen-bond donors (Lipinski definition) is 2. The predicted molar refractivity (Wildman–Crippen MR) is 77.6 cm³/mol. The van der Waals surface area contributed by atoms with E-state index in [9.17, 15) is 4.79 Å². The van der Waals surface area contributed by atoms with Crippen molar-refractivity contribution in [2.45, 2.75) is 6.54 Å². The third kappa shape index (κ3) is 3.86. The summed E-state index contributed by atoms with van der Waals surface area (Å²) in [5.74, 6) is -0.0840. The maximum atomic E-state index is 11.8. The minimum atomic E-state index is -0.0840. The molecule has 0 bridgehead atoms. The zero-order chi connectivity index (χ0) is 13.7. The van der Waals surface area contributed by atoms with Crippen molar-refractivity contribution in [3.05, 3.63) is 60.4 Å². The van der Waals surface area contributed by atoms with Gasteiger partial charge in [-0.15, -0.1) is 0 Å². The zero-order valence-electron chi connectivity index (χ0n) is 10.2. The van der Waals surface area contributed by atoms with Crippen molar-refractivity contribution in [3.63, 3.8) is 0 Å². The lowest BCUT2D eigenvalue weighted by molar-refractivity contribution is -0.684. The second-order valence-corrected chi connectivity index (χ2v) is 4.48. The second-order valence-electron chi connectivity index (χ2n) is 4.04. The molecule has 1 aromatic carbocycles. The van der Waals surface area contributed by atoms with Gasteiger partial charge in [-0.25, -0.2) is 0 Å². The average Bonchev–Trinajstić information content (AvgIpc) is 2.40. The molecular formula is C14H14N3OS+. The average molecular weight is 272 g/mol. The van der Waals surface area contributed by atoms with Crippen LogP contribution in [0.2, 0.25) is 0 Å². The van der Waals surface area contributed by atoms with E-state index in [1.54, 1.807) is 28.8 Å². The number of anilines is 1. The maximum Gasteiger partial charge on any atom is 0.290 e. The Bertz CT molecular complexity index is 581. The largest absolute Gasteiger partial charge is 0.389 e.